The van der Waals surface area contributed by atoms with E-state index in [1.165, 1.54) is 4.90 Å². The number of nitrogens with zero attached hydrogens (tertiary/aromatic N) is 3. The fraction of sp³-hybridized carbons (Fsp3) is 0.318. The molecule has 30 heavy (non-hydrogen) atoms. The Hall–Kier alpha value is -3.55. The van der Waals surface area contributed by atoms with Crippen LogP contribution in [0.15, 0.2) is 54.6 Å². The molecule has 2 heterocycles. The number of fused-ring (bicyclic) bond motifs is 1. The zero-order chi connectivity index (χ0) is 21.1. The third kappa shape index (κ3) is 3.94. The maximum atomic E-state index is 13.0. The molecular weight excluding hydrogens is 384 g/mol. The first-order valence-electron chi connectivity index (χ1n) is 10.0. The first-order chi connectivity index (χ1) is 14.5. The molecule has 1 atom stereocenters. The third-order valence-corrected chi connectivity index (χ3v) is 5.62. The Morgan fingerprint density at radius 3 is 2.20 bits per heavy atom. The van der Waals surface area contributed by atoms with Crippen molar-refractivity contribution in [1.82, 2.24) is 10.2 Å². The zero-order valence-corrected chi connectivity index (χ0v) is 16.5. The van der Waals surface area contributed by atoms with E-state index in [2.05, 4.69) is 5.32 Å². The number of carbonyl (C=O) groups excluding carboxylic acids is 2. The molecule has 0 saturated carbocycles. The number of nitrogens with one attached hydrogen (secondary N) is 1. The summed E-state index contributed by atoms with van der Waals surface area (Å²) in [5.74, 6) is 0.0177. The number of amides is 4. The highest BCUT2D eigenvalue weighted by atomic mass is 16.4. The molecular formula is C22H24N4O4. The molecule has 0 radical (unpaired) electrons. The molecule has 0 spiro atoms. The average molecular weight is 408 g/mol. The van der Waals surface area contributed by atoms with Crippen LogP contribution in [0.5, 0.6) is 0 Å². The number of anilines is 2. The molecule has 4 rings (SSSR count). The van der Waals surface area contributed by atoms with Crippen LogP contribution in [0.3, 0.4) is 0 Å². The first-order valence-corrected chi connectivity index (χ1v) is 10.0. The molecule has 156 valence electrons. The van der Waals surface area contributed by atoms with Crippen LogP contribution in [0.4, 0.5) is 21.0 Å². The molecule has 2 N–H and O–H groups in total. The minimum Gasteiger partial charge on any atom is -0.465 e. The van der Waals surface area contributed by atoms with Gasteiger partial charge in [-0.3, -0.25) is 9.69 Å². The molecule has 2 aliphatic rings. The molecule has 0 unspecified atom stereocenters. The SMILES string of the molecule is O=C(O)N1CC[C@H](CNC(=O)N2CCN(C(=O)c3ccccc3)c3ccccc32)C1. The number of carbonyl (C=O) groups is 3. The van der Waals surface area contributed by atoms with E-state index in [1.807, 2.05) is 42.5 Å². The molecule has 8 nitrogen and oxygen atoms in total. The van der Waals surface area contributed by atoms with E-state index in [0.29, 0.717) is 49.7 Å². The van der Waals surface area contributed by atoms with Crippen molar-refractivity contribution in [3.8, 4) is 0 Å². The van der Waals surface area contributed by atoms with Crippen LogP contribution < -0.4 is 15.1 Å². The minimum absolute atomic E-state index is 0.0946. The van der Waals surface area contributed by atoms with E-state index in [4.69, 9.17) is 5.11 Å². The highest BCUT2D eigenvalue weighted by Crippen LogP contribution is 2.33. The van der Waals surface area contributed by atoms with Crippen LogP contribution in [0.2, 0.25) is 0 Å². The van der Waals surface area contributed by atoms with Gasteiger partial charge >= 0.3 is 12.1 Å². The number of likely N-dealkylation sites (tertiary alicyclic amines) is 1. The lowest BCUT2D eigenvalue weighted by atomic mass is 10.1. The largest absolute Gasteiger partial charge is 0.465 e. The standard InChI is InChI=1S/C22H24N4O4/c27-20(17-6-2-1-3-7-17)25-12-13-26(19-9-5-4-8-18(19)25)21(28)23-14-16-10-11-24(15-16)22(29)30/h1-9,16H,10-15H2,(H,23,28)(H,29,30)/t16-/m1/s1. The topological polar surface area (TPSA) is 93.2 Å². The van der Waals surface area contributed by atoms with Crippen LogP contribution in [0.1, 0.15) is 16.8 Å². The summed E-state index contributed by atoms with van der Waals surface area (Å²) in [5.41, 5.74) is 1.99. The molecule has 1 fully saturated rings. The van der Waals surface area contributed by atoms with Crippen molar-refractivity contribution >= 4 is 29.4 Å². The predicted octanol–water partition coefficient (Wildman–Crippen LogP) is 2.86. The summed E-state index contributed by atoms with van der Waals surface area (Å²) in [7, 11) is 0. The Labute approximate surface area is 174 Å². The van der Waals surface area contributed by atoms with E-state index in [9.17, 15) is 14.4 Å². The highest BCUT2D eigenvalue weighted by Gasteiger charge is 2.31. The van der Waals surface area contributed by atoms with E-state index in [1.54, 1.807) is 21.9 Å². The van der Waals surface area contributed by atoms with Gasteiger partial charge < -0.3 is 20.2 Å². The minimum atomic E-state index is -0.919. The quantitative estimate of drug-likeness (QED) is 0.817. The van der Waals surface area contributed by atoms with Gasteiger partial charge in [0, 0.05) is 38.3 Å². The Bertz CT molecular complexity index is 949. The van der Waals surface area contributed by atoms with Crippen molar-refractivity contribution in [3.63, 3.8) is 0 Å². The Kier molecular flexibility index (Phi) is 5.56. The number of benzene rings is 2. The van der Waals surface area contributed by atoms with Crippen molar-refractivity contribution in [1.29, 1.82) is 0 Å². The third-order valence-electron chi connectivity index (χ3n) is 5.62. The normalized spacial score (nSPS) is 18.1. The smallest absolute Gasteiger partial charge is 0.407 e. The van der Waals surface area contributed by atoms with E-state index in [-0.39, 0.29) is 17.9 Å². The number of hydrogen-bond donors (Lipinski definition) is 2. The van der Waals surface area contributed by atoms with Crippen molar-refractivity contribution < 1.29 is 19.5 Å². The van der Waals surface area contributed by atoms with Gasteiger partial charge in [0.25, 0.3) is 5.91 Å². The second-order valence-electron chi connectivity index (χ2n) is 7.53. The van der Waals surface area contributed by atoms with Crippen molar-refractivity contribution in [2.45, 2.75) is 6.42 Å². The van der Waals surface area contributed by atoms with Gasteiger partial charge in [-0.25, -0.2) is 9.59 Å². The van der Waals surface area contributed by atoms with Gasteiger partial charge in [-0.2, -0.15) is 0 Å². The lowest BCUT2D eigenvalue weighted by Crippen LogP contribution is -2.50. The second-order valence-corrected chi connectivity index (χ2v) is 7.53. The van der Waals surface area contributed by atoms with Crippen LogP contribution in [0.25, 0.3) is 0 Å². The lowest BCUT2D eigenvalue weighted by molar-refractivity contribution is 0.0986. The molecule has 0 aromatic heterocycles. The van der Waals surface area contributed by atoms with E-state index < -0.39 is 6.09 Å². The van der Waals surface area contributed by atoms with Crippen LogP contribution >= 0.6 is 0 Å². The van der Waals surface area contributed by atoms with Crippen LogP contribution in [0, 0.1) is 5.92 Å². The predicted molar refractivity (Wildman–Crippen MR) is 113 cm³/mol. The summed E-state index contributed by atoms with van der Waals surface area (Å²) in [6, 6.07) is 16.2. The maximum Gasteiger partial charge on any atom is 0.407 e. The molecule has 0 bridgehead atoms. The summed E-state index contributed by atoms with van der Waals surface area (Å²) < 4.78 is 0. The summed E-state index contributed by atoms with van der Waals surface area (Å²) in [5, 5.41) is 12.0. The monoisotopic (exact) mass is 408 g/mol. The van der Waals surface area contributed by atoms with Crippen molar-refractivity contribution in [2.75, 3.05) is 42.5 Å². The lowest BCUT2D eigenvalue weighted by Gasteiger charge is -2.36. The maximum absolute atomic E-state index is 13.0. The van der Waals surface area contributed by atoms with E-state index >= 15 is 0 Å². The van der Waals surface area contributed by atoms with Gasteiger partial charge in [0.1, 0.15) is 0 Å². The van der Waals surface area contributed by atoms with Gasteiger partial charge in [-0.1, -0.05) is 30.3 Å². The number of rotatable bonds is 3. The number of para-hydroxylation sites is 2. The van der Waals surface area contributed by atoms with Gasteiger partial charge in [-0.15, -0.1) is 0 Å². The number of urea groups is 1. The van der Waals surface area contributed by atoms with Gasteiger partial charge in [0.15, 0.2) is 0 Å². The van der Waals surface area contributed by atoms with Crippen LogP contribution in [-0.4, -0.2) is 60.8 Å². The molecule has 4 amide bonds. The fourth-order valence-corrected chi connectivity index (χ4v) is 4.02. The van der Waals surface area contributed by atoms with Gasteiger partial charge in [0.2, 0.25) is 0 Å². The molecule has 2 aromatic carbocycles. The Morgan fingerprint density at radius 2 is 1.53 bits per heavy atom. The van der Waals surface area contributed by atoms with Crippen molar-refractivity contribution in [3.05, 3.63) is 60.2 Å². The average Bonchev–Trinajstić information content (AvgIpc) is 3.26. The number of carboxylic acid groups (broad SMARTS) is 1. The Balaban J connectivity index is 1.45. The highest BCUT2D eigenvalue weighted by molar-refractivity contribution is 6.10. The van der Waals surface area contributed by atoms with E-state index in [0.717, 1.165) is 6.42 Å². The number of hydrogen-bond acceptors (Lipinski definition) is 3. The molecule has 0 aliphatic carbocycles. The molecule has 8 heteroatoms. The van der Waals surface area contributed by atoms with Crippen molar-refractivity contribution in [2.24, 2.45) is 5.92 Å². The molecule has 2 aromatic rings. The Morgan fingerprint density at radius 1 is 0.900 bits per heavy atom. The summed E-state index contributed by atoms with van der Waals surface area (Å²) >= 11 is 0. The summed E-state index contributed by atoms with van der Waals surface area (Å²) in [6.45, 7) is 2.14. The first kappa shape index (κ1) is 19.8. The fourth-order valence-electron chi connectivity index (χ4n) is 4.02. The molecule has 2 aliphatic heterocycles. The van der Waals surface area contributed by atoms with Crippen LogP contribution in [-0.2, 0) is 0 Å². The zero-order valence-electron chi connectivity index (χ0n) is 16.5. The second kappa shape index (κ2) is 8.44. The summed E-state index contributed by atoms with van der Waals surface area (Å²) in [6.07, 6.45) is -0.181. The summed E-state index contributed by atoms with van der Waals surface area (Å²) in [4.78, 5) is 41.6. The molecule has 1 saturated heterocycles. The van der Waals surface area contributed by atoms with Gasteiger partial charge in [0.05, 0.1) is 11.4 Å². The van der Waals surface area contributed by atoms with Gasteiger partial charge in [-0.05, 0) is 36.6 Å².